The van der Waals surface area contributed by atoms with E-state index in [4.69, 9.17) is 13.7 Å². The molecule has 1 saturated carbocycles. The van der Waals surface area contributed by atoms with Crippen LogP contribution in [0.1, 0.15) is 80.5 Å². The number of hydrogen-bond acceptors (Lipinski definition) is 7. The van der Waals surface area contributed by atoms with E-state index in [0.29, 0.717) is 37.9 Å². The SMILES string of the molecule is CC(=O)NC1(c2noc(CCC(=O)NCc3cccc(COCc4ccco4)c3)n2)CCCCCC1. The van der Waals surface area contributed by atoms with Gasteiger partial charge in [0.15, 0.2) is 5.82 Å². The summed E-state index contributed by atoms with van der Waals surface area (Å²) in [5.41, 5.74) is 1.44. The molecule has 3 aromatic rings. The van der Waals surface area contributed by atoms with E-state index in [9.17, 15) is 9.59 Å². The predicted octanol–water partition coefficient (Wildman–Crippen LogP) is 4.31. The van der Waals surface area contributed by atoms with Gasteiger partial charge in [-0.3, -0.25) is 9.59 Å². The number of nitrogens with one attached hydrogen (secondary N) is 2. The Kier molecular flexibility index (Phi) is 8.89. The molecular weight excluding hydrogens is 460 g/mol. The number of amides is 2. The van der Waals surface area contributed by atoms with Crippen LogP contribution in [0.15, 0.2) is 51.6 Å². The molecule has 1 aliphatic carbocycles. The van der Waals surface area contributed by atoms with Crippen molar-refractivity contribution in [2.45, 2.75) is 83.6 Å². The fourth-order valence-corrected chi connectivity index (χ4v) is 4.63. The first-order valence-electron chi connectivity index (χ1n) is 12.6. The summed E-state index contributed by atoms with van der Waals surface area (Å²) < 4.78 is 16.4. The zero-order chi connectivity index (χ0) is 25.2. The summed E-state index contributed by atoms with van der Waals surface area (Å²) in [6, 6.07) is 11.6. The molecule has 2 heterocycles. The molecule has 0 atom stereocenters. The summed E-state index contributed by atoms with van der Waals surface area (Å²) in [5, 5.41) is 10.2. The third-order valence-electron chi connectivity index (χ3n) is 6.41. The first kappa shape index (κ1) is 25.6. The van der Waals surface area contributed by atoms with E-state index < -0.39 is 5.54 Å². The number of furan rings is 1. The minimum Gasteiger partial charge on any atom is -0.467 e. The summed E-state index contributed by atoms with van der Waals surface area (Å²) in [6.07, 6.45) is 8.06. The molecule has 2 N–H and O–H groups in total. The number of carbonyl (C=O) groups is 2. The fraction of sp³-hybridized carbons (Fsp3) is 0.481. The Bertz CT molecular complexity index is 1120. The standard InChI is InChI=1S/C27H34N4O5/c1-20(32)30-27(13-4-2-3-5-14-27)26-29-25(36-31-26)12-11-24(33)28-17-21-8-6-9-22(16-21)18-34-19-23-10-7-15-35-23/h6-10,15-16H,2-5,11-14,17-19H2,1H3,(H,28,33)(H,30,32). The number of rotatable bonds is 11. The molecule has 0 saturated heterocycles. The van der Waals surface area contributed by atoms with Gasteiger partial charge in [-0.05, 0) is 36.1 Å². The highest BCUT2D eigenvalue weighted by atomic mass is 16.5. The lowest BCUT2D eigenvalue weighted by Gasteiger charge is -2.30. The maximum atomic E-state index is 12.4. The predicted molar refractivity (Wildman–Crippen MR) is 131 cm³/mol. The van der Waals surface area contributed by atoms with E-state index in [2.05, 4.69) is 20.8 Å². The van der Waals surface area contributed by atoms with Crippen molar-refractivity contribution < 1.29 is 23.3 Å². The maximum absolute atomic E-state index is 12.4. The molecule has 0 unspecified atom stereocenters. The van der Waals surface area contributed by atoms with E-state index in [-0.39, 0.29) is 18.2 Å². The van der Waals surface area contributed by atoms with Gasteiger partial charge in [-0.15, -0.1) is 0 Å². The molecule has 0 radical (unpaired) electrons. The van der Waals surface area contributed by atoms with E-state index in [1.807, 2.05) is 36.4 Å². The molecule has 9 heteroatoms. The van der Waals surface area contributed by atoms with Crippen LogP contribution in [0.2, 0.25) is 0 Å². The van der Waals surface area contributed by atoms with Crippen LogP contribution in [0.4, 0.5) is 0 Å². The largest absolute Gasteiger partial charge is 0.467 e. The average molecular weight is 495 g/mol. The van der Waals surface area contributed by atoms with Gasteiger partial charge in [0.05, 0.1) is 12.9 Å². The van der Waals surface area contributed by atoms with Crippen molar-refractivity contribution in [2.75, 3.05) is 0 Å². The third-order valence-corrected chi connectivity index (χ3v) is 6.41. The molecule has 0 bridgehead atoms. The Hall–Kier alpha value is -3.46. The maximum Gasteiger partial charge on any atom is 0.227 e. The van der Waals surface area contributed by atoms with E-state index in [1.54, 1.807) is 6.26 Å². The van der Waals surface area contributed by atoms with Gasteiger partial charge in [0, 0.05) is 26.3 Å². The Morgan fingerprint density at radius 1 is 1.06 bits per heavy atom. The van der Waals surface area contributed by atoms with Crippen molar-refractivity contribution in [1.82, 2.24) is 20.8 Å². The molecule has 1 aliphatic rings. The second kappa shape index (κ2) is 12.5. The van der Waals surface area contributed by atoms with Gasteiger partial charge in [-0.2, -0.15) is 4.98 Å². The minimum atomic E-state index is -0.584. The Morgan fingerprint density at radius 3 is 2.61 bits per heavy atom. The van der Waals surface area contributed by atoms with Crippen molar-refractivity contribution in [3.63, 3.8) is 0 Å². The van der Waals surface area contributed by atoms with E-state index in [0.717, 1.165) is 55.4 Å². The number of hydrogen-bond donors (Lipinski definition) is 2. The summed E-state index contributed by atoms with van der Waals surface area (Å²) in [5.74, 6) is 1.51. The first-order valence-corrected chi connectivity index (χ1v) is 12.6. The second-order valence-corrected chi connectivity index (χ2v) is 9.36. The van der Waals surface area contributed by atoms with Crippen LogP contribution < -0.4 is 10.6 Å². The number of carbonyl (C=O) groups excluding carboxylic acids is 2. The van der Waals surface area contributed by atoms with Crippen molar-refractivity contribution in [2.24, 2.45) is 0 Å². The lowest BCUT2D eigenvalue weighted by Crippen LogP contribution is -2.45. The number of ether oxygens (including phenoxy) is 1. The van der Waals surface area contributed by atoms with Crippen LogP contribution in [0.25, 0.3) is 0 Å². The van der Waals surface area contributed by atoms with Crippen molar-refractivity contribution >= 4 is 11.8 Å². The van der Waals surface area contributed by atoms with Crippen LogP contribution in [-0.4, -0.2) is 22.0 Å². The van der Waals surface area contributed by atoms with Crippen LogP contribution >= 0.6 is 0 Å². The Labute approximate surface area is 211 Å². The highest BCUT2D eigenvalue weighted by Crippen LogP contribution is 2.34. The van der Waals surface area contributed by atoms with Crippen molar-refractivity contribution in [3.8, 4) is 0 Å². The highest BCUT2D eigenvalue weighted by Gasteiger charge is 2.38. The molecule has 4 rings (SSSR count). The molecular formula is C27H34N4O5. The minimum absolute atomic E-state index is 0.0970. The molecule has 0 aliphatic heterocycles. The smallest absolute Gasteiger partial charge is 0.227 e. The quantitative estimate of drug-likeness (QED) is 0.381. The molecule has 36 heavy (non-hydrogen) atoms. The zero-order valence-electron chi connectivity index (χ0n) is 20.8. The van der Waals surface area contributed by atoms with Gasteiger partial charge in [0.25, 0.3) is 0 Å². The van der Waals surface area contributed by atoms with Crippen molar-refractivity contribution in [3.05, 3.63) is 71.3 Å². The molecule has 192 valence electrons. The first-order chi connectivity index (χ1) is 17.5. The summed E-state index contributed by atoms with van der Waals surface area (Å²) in [4.78, 5) is 28.9. The van der Waals surface area contributed by atoms with Gasteiger partial charge in [-0.25, -0.2) is 0 Å². The van der Waals surface area contributed by atoms with E-state index in [1.165, 1.54) is 6.92 Å². The molecule has 2 amide bonds. The number of benzene rings is 1. The van der Waals surface area contributed by atoms with Gasteiger partial charge < -0.3 is 24.3 Å². The molecule has 1 aromatic carbocycles. The van der Waals surface area contributed by atoms with Crippen molar-refractivity contribution in [1.29, 1.82) is 0 Å². The monoisotopic (exact) mass is 494 g/mol. The Morgan fingerprint density at radius 2 is 1.86 bits per heavy atom. The topological polar surface area (TPSA) is 119 Å². The summed E-state index contributed by atoms with van der Waals surface area (Å²) in [7, 11) is 0. The van der Waals surface area contributed by atoms with Gasteiger partial charge in [0.2, 0.25) is 17.7 Å². The van der Waals surface area contributed by atoms with Crippen LogP contribution in [0.3, 0.4) is 0 Å². The molecule has 1 fully saturated rings. The number of nitrogens with zero attached hydrogens (tertiary/aromatic N) is 2. The Balaban J connectivity index is 1.24. The highest BCUT2D eigenvalue weighted by molar-refractivity contribution is 5.76. The summed E-state index contributed by atoms with van der Waals surface area (Å²) in [6.45, 7) is 2.81. The van der Waals surface area contributed by atoms with Gasteiger partial charge >= 0.3 is 0 Å². The average Bonchev–Trinajstić information content (AvgIpc) is 3.51. The molecule has 0 spiro atoms. The molecule has 2 aromatic heterocycles. The van der Waals surface area contributed by atoms with Crippen LogP contribution in [0, 0.1) is 0 Å². The van der Waals surface area contributed by atoms with Crippen LogP contribution in [0.5, 0.6) is 0 Å². The molecule has 9 nitrogen and oxygen atoms in total. The zero-order valence-corrected chi connectivity index (χ0v) is 20.8. The lowest BCUT2D eigenvalue weighted by atomic mass is 9.89. The number of aryl methyl sites for hydroxylation is 1. The second-order valence-electron chi connectivity index (χ2n) is 9.36. The fourth-order valence-electron chi connectivity index (χ4n) is 4.63. The van der Waals surface area contributed by atoms with Gasteiger partial charge in [0.1, 0.15) is 17.9 Å². The number of aromatic nitrogens is 2. The summed E-state index contributed by atoms with van der Waals surface area (Å²) >= 11 is 0. The normalized spacial score (nSPS) is 15.2. The van der Waals surface area contributed by atoms with Crippen LogP contribution in [-0.2, 0) is 46.0 Å². The lowest BCUT2D eigenvalue weighted by molar-refractivity contribution is -0.122. The van der Waals surface area contributed by atoms with Gasteiger partial charge in [-0.1, -0.05) is 55.1 Å². The third kappa shape index (κ3) is 7.27. The van der Waals surface area contributed by atoms with E-state index >= 15 is 0 Å².